The molecule has 1 amide bonds. The quantitative estimate of drug-likeness (QED) is 0.397. The highest BCUT2D eigenvalue weighted by molar-refractivity contribution is 7.90. The maximum absolute atomic E-state index is 12.3. The highest BCUT2D eigenvalue weighted by atomic mass is 35.5. The summed E-state index contributed by atoms with van der Waals surface area (Å²) in [6, 6.07) is 4.12. The molecule has 0 aliphatic heterocycles. The number of nitrogens with zero attached hydrogens (tertiary/aromatic N) is 1. The Labute approximate surface area is 197 Å². The van der Waals surface area contributed by atoms with Crippen molar-refractivity contribution in [1.82, 2.24) is 10.3 Å². The summed E-state index contributed by atoms with van der Waals surface area (Å²) >= 11 is 7.26. The number of carbonyl (C=O) groups excluding carboxylic acids is 1. The minimum atomic E-state index is -3.48. The van der Waals surface area contributed by atoms with E-state index < -0.39 is 21.8 Å². The van der Waals surface area contributed by atoms with Gasteiger partial charge in [0.25, 0.3) is 0 Å². The fraction of sp³-hybridized carbons (Fsp3) is 0.476. The third kappa shape index (κ3) is 7.54. The van der Waals surface area contributed by atoms with Gasteiger partial charge in [-0.25, -0.2) is 13.4 Å². The fourth-order valence-electron chi connectivity index (χ4n) is 3.10. The number of halogens is 1. The van der Waals surface area contributed by atoms with Gasteiger partial charge in [0.2, 0.25) is 5.91 Å². The van der Waals surface area contributed by atoms with Crippen molar-refractivity contribution in [2.24, 2.45) is 5.92 Å². The Kier molecular flexibility index (Phi) is 9.20. The molecule has 3 N–H and O–H groups in total. The summed E-state index contributed by atoms with van der Waals surface area (Å²) < 4.78 is 23.9. The van der Waals surface area contributed by atoms with Gasteiger partial charge in [-0.2, -0.15) is 0 Å². The molecule has 0 aliphatic rings. The summed E-state index contributed by atoms with van der Waals surface area (Å²) in [5.41, 5.74) is 1.31. The number of amides is 1. The zero-order valence-electron chi connectivity index (χ0n) is 18.4. The average Bonchev–Trinajstić information content (AvgIpc) is 3.03. The van der Waals surface area contributed by atoms with E-state index in [2.05, 4.69) is 15.6 Å². The topological polar surface area (TPSA) is 125 Å². The first kappa shape index (κ1) is 26.2. The standard InChI is InChI=1S/C21H28ClN3O5S2/c1-12(2)10-16(20(27)28)23-9-5-6-18(26)25-21-24-13(3)19(31-21)14-7-8-15(22)17(11-14)32(4,29)30/h7-8,11-12,16,23H,5-6,9-10H2,1-4H3,(H,27,28)(H,24,25,26)/t16-/m0/s1. The van der Waals surface area contributed by atoms with Gasteiger partial charge >= 0.3 is 5.97 Å². The molecule has 8 nitrogen and oxygen atoms in total. The summed E-state index contributed by atoms with van der Waals surface area (Å²) in [7, 11) is -3.48. The number of hydrogen-bond donors (Lipinski definition) is 3. The summed E-state index contributed by atoms with van der Waals surface area (Å²) in [5, 5.41) is 15.5. The molecule has 0 saturated carbocycles. The first-order chi connectivity index (χ1) is 14.9. The molecule has 32 heavy (non-hydrogen) atoms. The number of aryl methyl sites for hydroxylation is 1. The van der Waals surface area contributed by atoms with E-state index in [0.717, 1.165) is 11.1 Å². The number of sulfone groups is 1. The van der Waals surface area contributed by atoms with Crippen LogP contribution in [0, 0.1) is 12.8 Å². The number of anilines is 1. The number of aliphatic carboxylic acids is 1. The summed E-state index contributed by atoms with van der Waals surface area (Å²) in [6.45, 7) is 6.11. The van der Waals surface area contributed by atoms with Crippen LogP contribution in [-0.2, 0) is 19.4 Å². The predicted octanol–water partition coefficient (Wildman–Crippen LogP) is 3.98. The Morgan fingerprint density at radius 3 is 2.56 bits per heavy atom. The van der Waals surface area contributed by atoms with Crippen LogP contribution in [0.5, 0.6) is 0 Å². The number of rotatable bonds is 11. The van der Waals surface area contributed by atoms with Crippen LogP contribution in [0.3, 0.4) is 0 Å². The molecule has 1 aromatic heterocycles. The van der Waals surface area contributed by atoms with Crippen molar-refractivity contribution in [3.8, 4) is 10.4 Å². The zero-order valence-corrected chi connectivity index (χ0v) is 20.8. The van der Waals surface area contributed by atoms with Gasteiger partial charge in [-0.05, 0) is 49.9 Å². The fourth-order valence-corrected chi connectivity index (χ4v) is 5.38. The van der Waals surface area contributed by atoms with Gasteiger partial charge in [-0.3, -0.25) is 9.59 Å². The van der Waals surface area contributed by atoms with Gasteiger partial charge in [-0.1, -0.05) is 42.9 Å². The van der Waals surface area contributed by atoms with Gasteiger partial charge in [0.15, 0.2) is 15.0 Å². The Hall–Kier alpha value is -2.01. The Balaban J connectivity index is 1.98. The second-order valence-corrected chi connectivity index (χ2v) is 11.4. The molecule has 2 aromatic rings. The van der Waals surface area contributed by atoms with E-state index in [9.17, 15) is 23.1 Å². The molecular weight excluding hydrogens is 474 g/mol. The lowest BCUT2D eigenvalue weighted by Gasteiger charge is -2.16. The molecule has 176 valence electrons. The van der Waals surface area contributed by atoms with Gasteiger partial charge in [-0.15, -0.1) is 0 Å². The first-order valence-corrected chi connectivity index (χ1v) is 13.2. The summed E-state index contributed by atoms with van der Waals surface area (Å²) in [4.78, 5) is 28.7. The molecule has 0 fully saturated rings. The monoisotopic (exact) mass is 501 g/mol. The molecule has 11 heteroatoms. The van der Waals surface area contributed by atoms with Gasteiger partial charge in [0.05, 0.1) is 20.5 Å². The lowest BCUT2D eigenvalue weighted by atomic mass is 10.0. The van der Waals surface area contributed by atoms with Crippen LogP contribution in [0.15, 0.2) is 23.1 Å². The predicted molar refractivity (Wildman–Crippen MR) is 127 cm³/mol. The normalized spacial score (nSPS) is 12.7. The third-order valence-corrected chi connectivity index (χ3v) is 7.31. The largest absolute Gasteiger partial charge is 0.480 e. The zero-order chi connectivity index (χ0) is 24.1. The Morgan fingerprint density at radius 1 is 1.28 bits per heavy atom. The summed E-state index contributed by atoms with van der Waals surface area (Å²) in [5.74, 6) is -0.866. The Morgan fingerprint density at radius 2 is 1.97 bits per heavy atom. The van der Waals surface area contributed by atoms with E-state index in [1.54, 1.807) is 13.0 Å². The number of carboxylic acid groups (broad SMARTS) is 1. The maximum Gasteiger partial charge on any atom is 0.320 e. The van der Waals surface area contributed by atoms with Gasteiger partial charge in [0, 0.05) is 12.7 Å². The average molecular weight is 502 g/mol. The number of carbonyl (C=O) groups is 2. The van der Waals surface area contributed by atoms with Crippen LogP contribution in [0.25, 0.3) is 10.4 Å². The highest BCUT2D eigenvalue weighted by Crippen LogP contribution is 2.35. The van der Waals surface area contributed by atoms with Crippen molar-refractivity contribution in [2.75, 3.05) is 18.1 Å². The molecule has 2 rings (SSSR count). The minimum absolute atomic E-state index is 0.0414. The van der Waals surface area contributed by atoms with E-state index in [1.807, 2.05) is 13.8 Å². The lowest BCUT2D eigenvalue weighted by Crippen LogP contribution is -2.38. The van der Waals surface area contributed by atoms with Crippen LogP contribution in [0.1, 0.15) is 38.8 Å². The molecule has 0 bridgehead atoms. The van der Waals surface area contributed by atoms with Gasteiger partial charge < -0.3 is 15.7 Å². The van der Waals surface area contributed by atoms with E-state index in [0.29, 0.717) is 35.8 Å². The second-order valence-electron chi connectivity index (χ2n) is 7.98. The van der Waals surface area contributed by atoms with Crippen LogP contribution >= 0.6 is 22.9 Å². The molecule has 0 saturated heterocycles. The molecular formula is C21H28ClN3O5S2. The van der Waals surface area contributed by atoms with E-state index in [-0.39, 0.29) is 28.2 Å². The van der Waals surface area contributed by atoms with Crippen molar-refractivity contribution in [1.29, 1.82) is 0 Å². The van der Waals surface area contributed by atoms with Crippen molar-refractivity contribution in [3.05, 3.63) is 28.9 Å². The highest BCUT2D eigenvalue weighted by Gasteiger charge is 2.19. The lowest BCUT2D eigenvalue weighted by molar-refractivity contribution is -0.139. The van der Waals surface area contributed by atoms with Crippen molar-refractivity contribution >= 4 is 49.8 Å². The molecule has 0 aliphatic carbocycles. The SMILES string of the molecule is Cc1nc(NC(=O)CCCN[C@@H](CC(C)C)C(=O)O)sc1-c1ccc(Cl)c(S(C)(=O)=O)c1. The number of aromatic nitrogens is 1. The molecule has 0 unspecified atom stereocenters. The maximum atomic E-state index is 12.3. The number of thiazole rings is 1. The Bertz CT molecular complexity index is 1080. The first-order valence-electron chi connectivity index (χ1n) is 10.1. The summed E-state index contributed by atoms with van der Waals surface area (Å²) in [6.07, 6.45) is 2.32. The minimum Gasteiger partial charge on any atom is -0.480 e. The number of benzene rings is 1. The molecule has 0 radical (unpaired) electrons. The van der Waals surface area contributed by atoms with Crippen molar-refractivity contribution in [2.45, 2.75) is 51.0 Å². The molecule has 1 heterocycles. The van der Waals surface area contributed by atoms with Crippen LogP contribution in [0.4, 0.5) is 5.13 Å². The van der Waals surface area contributed by atoms with Gasteiger partial charge in [0.1, 0.15) is 6.04 Å². The van der Waals surface area contributed by atoms with E-state index in [4.69, 9.17) is 11.6 Å². The third-order valence-electron chi connectivity index (χ3n) is 4.61. The molecule has 1 aromatic carbocycles. The van der Waals surface area contributed by atoms with E-state index in [1.165, 1.54) is 23.5 Å². The number of carboxylic acids is 1. The molecule has 0 spiro atoms. The van der Waals surface area contributed by atoms with Crippen molar-refractivity contribution < 1.29 is 23.1 Å². The van der Waals surface area contributed by atoms with Crippen LogP contribution < -0.4 is 10.6 Å². The van der Waals surface area contributed by atoms with Crippen molar-refractivity contribution in [3.63, 3.8) is 0 Å². The van der Waals surface area contributed by atoms with Crippen LogP contribution in [-0.4, -0.2) is 49.2 Å². The van der Waals surface area contributed by atoms with Crippen LogP contribution in [0.2, 0.25) is 5.02 Å². The smallest absolute Gasteiger partial charge is 0.320 e. The number of nitrogens with one attached hydrogen (secondary N) is 2. The molecule has 1 atom stereocenters. The second kappa shape index (κ2) is 11.2. The number of hydrogen-bond acceptors (Lipinski definition) is 7. The van der Waals surface area contributed by atoms with E-state index >= 15 is 0 Å².